The molecule has 0 saturated heterocycles. The minimum Gasteiger partial charge on any atom is -0.364 e. The summed E-state index contributed by atoms with van der Waals surface area (Å²) in [7, 11) is 0. The maximum atomic E-state index is 9.32. The molecule has 2 rings (SSSR count). The van der Waals surface area contributed by atoms with Crippen LogP contribution in [0, 0.1) is 31.1 Å². The molecular weight excluding hydrogens is 236 g/mol. The Balaban J connectivity index is 2.23. The minimum atomic E-state index is 0.408. The highest BCUT2D eigenvalue weighted by Gasteiger charge is 2.22. The normalized spacial score (nSPS) is 23.5. The van der Waals surface area contributed by atoms with Gasteiger partial charge in [0, 0.05) is 6.04 Å². The second-order valence-corrected chi connectivity index (χ2v) is 5.61. The van der Waals surface area contributed by atoms with E-state index in [2.05, 4.69) is 28.5 Å². The molecule has 1 aliphatic rings. The van der Waals surface area contributed by atoms with E-state index in [-0.39, 0.29) is 0 Å². The lowest BCUT2D eigenvalue weighted by atomic mass is 9.96. The molecule has 102 valence electrons. The molecule has 0 spiro atoms. The quantitative estimate of drug-likeness (QED) is 0.826. The predicted octanol–water partition coefficient (Wildman–Crippen LogP) is 3.35. The van der Waals surface area contributed by atoms with E-state index in [1.807, 2.05) is 13.8 Å². The maximum absolute atomic E-state index is 9.32. The van der Waals surface area contributed by atoms with Gasteiger partial charge in [-0.05, 0) is 38.2 Å². The van der Waals surface area contributed by atoms with Gasteiger partial charge in [-0.3, -0.25) is 0 Å². The third-order valence-electron chi connectivity index (χ3n) is 4.25. The molecule has 0 aromatic carbocycles. The number of anilines is 1. The molecule has 1 aromatic rings. The van der Waals surface area contributed by atoms with Crippen LogP contribution in [-0.2, 0) is 0 Å². The van der Waals surface area contributed by atoms with Crippen molar-refractivity contribution in [3.05, 3.63) is 16.8 Å². The lowest BCUT2D eigenvalue weighted by Crippen LogP contribution is -2.27. The van der Waals surface area contributed by atoms with Crippen LogP contribution in [0.3, 0.4) is 0 Å². The van der Waals surface area contributed by atoms with Gasteiger partial charge in [0.15, 0.2) is 5.82 Å². The second kappa shape index (κ2) is 6.01. The maximum Gasteiger partial charge on any atom is 0.167 e. The Morgan fingerprint density at radius 1 is 1.16 bits per heavy atom. The summed E-state index contributed by atoms with van der Waals surface area (Å²) in [6.45, 7) is 6.11. The van der Waals surface area contributed by atoms with Crippen LogP contribution in [-0.4, -0.2) is 16.2 Å². The van der Waals surface area contributed by atoms with Crippen molar-refractivity contribution in [2.75, 3.05) is 5.32 Å². The Kier molecular flexibility index (Phi) is 4.36. The van der Waals surface area contributed by atoms with E-state index in [1.54, 1.807) is 0 Å². The monoisotopic (exact) mass is 258 g/mol. The molecular formula is C15H22N4. The van der Waals surface area contributed by atoms with Crippen molar-refractivity contribution in [1.82, 2.24) is 10.2 Å². The molecule has 4 heteroatoms. The third kappa shape index (κ3) is 3.04. The second-order valence-electron chi connectivity index (χ2n) is 5.61. The molecule has 19 heavy (non-hydrogen) atoms. The summed E-state index contributed by atoms with van der Waals surface area (Å²) in [6.07, 6.45) is 6.27. The molecule has 0 aliphatic heterocycles. The van der Waals surface area contributed by atoms with Crippen molar-refractivity contribution in [2.45, 2.75) is 58.9 Å². The fraction of sp³-hybridized carbons (Fsp3) is 0.667. The molecule has 2 unspecified atom stereocenters. The summed E-state index contributed by atoms with van der Waals surface area (Å²) in [5, 5.41) is 21.1. The van der Waals surface area contributed by atoms with Crippen molar-refractivity contribution < 1.29 is 0 Å². The summed E-state index contributed by atoms with van der Waals surface area (Å²) in [6, 6.07) is 2.67. The van der Waals surface area contributed by atoms with Crippen molar-refractivity contribution in [1.29, 1.82) is 5.26 Å². The molecule has 0 bridgehead atoms. The van der Waals surface area contributed by atoms with Crippen LogP contribution in [0.5, 0.6) is 0 Å². The zero-order valence-electron chi connectivity index (χ0n) is 12.0. The van der Waals surface area contributed by atoms with Gasteiger partial charge in [0.2, 0.25) is 0 Å². The van der Waals surface area contributed by atoms with Gasteiger partial charge in [0.25, 0.3) is 0 Å². The van der Waals surface area contributed by atoms with Crippen molar-refractivity contribution in [3.63, 3.8) is 0 Å². The van der Waals surface area contributed by atoms with Gasteiger partial charge in [-0.25, -0.2) is 0 Å². The average molecular weight is 258 g/mol. The van der Waals surface area contributed by atoms with Gasteiger partial charge in [-0.2, -0.15) is 10.4 Å². The van der Waals surface area contributed by atoms with Gasteiger partial charge in [-0.15, -0.1) is 5.10 Å². The molecule has 1 aliphatic carbocycles. The van der Waals surface area contributed by atoms with Gasteiger partial charge in [0.1, 0.15) is 11.6 Å². The molecule has 1 aromatic heterocycles. The lowest BCUT2D eigenvalue weighted by molar-refractivity contribution is 0.455. The number of nitrogens with one attached hydrogen (secondary N) is 1. The van der Waals surface area contributed by atoms with Crippen LogP contribution in [0.25, 0.3) is 0 Å². The summed E-state index contributed by atoms with van der Waals surface area (Å²) >= 11 is 0. The molecule has 4 nitrogen and oxygen atoms in total. The Hall–Kier alpha value is -1.63. The van der Waals surface area contributed by atoms with Crippen LogP contribution in [0.15, 0.2) is 0 Å². The van der Waals surface area contributed by atoms with Crippen LogP contribution < -0.4 is 5.32 Å². The topological polar surface area (TPSA) is 61.6 Å². The first kappa shape index (κ1) is 13.8. The number of hydrogen-bond acceptors (Lipinski definition) is 4. The fourth-order valence-electron chi connectivity index (χ4n) is 2.73. The first-order chi connectivity index (χ1) is 9.13. The Labute approximate surface area is 115 Å². The zero-order chi connectivity index (χ0) is 13.8. The minimum absolute atomic E-state index is 0.408. The summed E-state index contributed by atoms with van der Waals surface area (Å²) < 4.78 is 0. The summed E-state index contributed by atoms with van der Waals surface area (Å²) in [5.41, 5.74) is 2.40. The number of aryl methyl sites for hydroxylation is 1. The van der Waals surface area contributed by atoms with Gasteiger partial charge in [0.05, 0.1) is 5.69 Å². The average Bonchev–Trinajstić information content (AvgIpc) is 2.60. The highest BCUT2D eigenvalue weighted by Crippen LogP contribution is 2.27. The largest absolute Gasteiger partial charge is 0.364 e. The lowest BCUT2D eigenvalue weighted by Gasteiger charge is -2.24. The van der Waals surface area contributed by atoms with E-state index in [0.717, 1.165) is 17.7 Å². The van der Waals surface area contributed by atoms with Gasteiger partial charge in [-0.1, -0.05) is 26.2 Å². The molecule has 1 saturated carbocycles. The van der Waals surface area contributed by atoms with Crippen LogP contribution in [0.1, 0.15) is 55.8 Å². The Morgan fingerprint density at radius 3 is 2.63 bits per heavy atom. The van der Waals surface area contributed by atoms with Crippen molar-refractivity contribution in [3.8, 4) is 6.07 Å². The van der Waals surface area contributed by atoms with E-state index < -0.39 is 0 Å². The van der Waals surface area contributed by atoms with E-state index in [9.17, 15) is 5.26 Å². The predicted molar refractivity (Wildman–Crippen MR) is 75.9 cm³/mol. The Bertz CT molecular complexity index is 490. The molecule has 0 amide bonds. The van der Waals surface area contributed by atoms with Gasteiger partial charge < -0.3 is 5.32 Å². The number of nitriles is 1. The third-order valence-corrected chi connectivity index (χ3v) is 4.25. The first-order valence-electron chi connectivity index (χ1n) is 7.14. The smallest absolute Gasteiger partial charge is 0.167 e. The molecule has 1 fully saturated rings. The molecule has 2 atom stereocenters. The fourth-order valence-corrected chi connectivity index (χ4v) is 2.73. The van der Waals surface area contributed by atoms with E-state index in [4.69, 9.17) is 0 Å². The summed E-state index contributed by atoms with van der Waals surface area (Å²) in [5.74, 6) is 1.28. The molecule has 1 heterocycles. The van der Waals surface area contributed by atoms with Gasteiger partial charge >= 0.3 is 0 Å². The highest BCUT2D eigenvalue weighted by molar-refractivity contribution is 5.56. The van der Waals surface area contributed by atoms with E-state index in [1.165, 1.54) is 25.7 Å². The summed E-state index contributed by atoms with van der Waals surface area (Å²) in [4.78, 5) is 0. The number of nitrogens with zero attached hydrogens (tertiary/aromatic N) is 3. The van der Waals surface area contributed by atoms with E-state index in [0.29, 0.717) is 23.3 Å². The Morgan fingerprint density at radius 2 is 1.89 bits per heavy atom. The number of hydrogen-bond donors (Lipinski definition) is 1. The van der Waals surface area contributed by atoms with Crippen LogP contribution in [0.2, 0.25) is 0 Å². The number of aromatic nitrogens is 2. The first-order valence-corrected chi connectivity index (χ1v) is 7.14. The molecule has 1 N–H and O–H groups in total. The van der Waals surface area contributed by atoms with Crippen LogP contribution >= 0.6 is 0 Å². The van der Waals surface area contributed by atoms with Crippen molar-refractivity contribution in [2.24, 2.45) is 5.92 Å². The number of rotatable bonds is 2. The molecule has 0 radical (unpaired) electrons. The SMILES string of the molecule is Cc1nnc(NC2CCCCCC2C)c(C#N)c1C. The zero-order valence-corrected chi connectivity index (χ0v) is 12.0. The standard InChI is InChI=1S/C15H22N4/c1-10-7-5-4-6-8-14(10)17-15-13(9-16)11(2)12(3)18-19-15/h10,14H,4-8H2,1-3H3,(H,17,19). The highest BCUT2D eigenvalue weighted by atomic mass is 15.2. The van der Waals surface area contributed by atoms with Crippen molar-refractivity contribution >= 4 is 5.82 Å². The van der Waals surface area contributed by atoms with Crippen LogP contribution in [0.4, 0.5) is 5.82 Å². The van der Waals surface area contributed by atoms with E-state index >= 15 is 0 Å².